The third kappa shape index (κ3) is 3.14. The average Bonchev–Trinajstić information content (AvgIpc) is 2.65. The first kappa shape index (κ1) is 14.8. The summed E-state index contributed by atoms with van der Waals surface area (Å²) < 4.78 is 0. The predicted octanol–water partition coefficient (Wildman–Crippen LogP) is 4.77. The topological polar surface area (TPSA) is 38.7 Å². The molecule has 3 nitrogen and oxygen atoms in total. The molecule has 2 aromatic carbocycles. The van der Waals surface area contributed by atoms with Crippen LogP contribution in [0.4, 0.5) is 0 Å². The molecule has 0 saturated heterocycles. The van der Waals surface area contributed by atoms with Crippen molar-refractivity contribution >= 4 is 22.5 Å². The smallest absolute Gasteiger partial charge is 0.133 e. The minimum atomic E-state index is 0.781. The number of hydrogen-bond acceptors (Lipinski definition) is 4. The maximum absolute atomic E-state index is 4.50. The van der Waals surface area contributed by atoms with Gasteiger partial charge in [0.05, 0.1) is 5.69 Å². The maximum atomic E-state index is 4.50. The summed E-state index contributed by atoms with van der Waals surface area (Å²) in [6, 6.07) is 24.6. The van der Waals surface area contributed by atoms with E-state index in [9.17, 15) is 0 Å². The molecule has 0 aliphatic rings. The fraction of sp³-hybridized carbons (Fsp3) is 0.0500. The quantitative estimate of drug-likeness (QED) is 0.541. The van der Waals surface area contributed by atoms with Gasteiger partial charge >= 0.3 is 0 Å². The molecule has 0 amide bonds. The lowest BCUT2D eigenvalue weighted by Gasteiger charge is -2.09. The van der Waals surface area contributed by atoms with Gasteiger partial charge in [0.2, 0.25) is 0 Å². The van der Waals surface area contributed by atoms with Crippen molar-refractivity contribution in [2.75, 3.05) is 0 Å². The Balaban J connectivity index is 1.74. The van der Waals surface area contributed by atoms with Crippen LogP contribution in [0.15, 0.2) is 89.0 Å². The lowest BCUT2D eigenvalue weighted by atomic mass is 10.0. The lowest BCUT2D eigenvalue weighted by Crippen LogP contribution is -1.98. The van der Waals surface area contributed by atoms with Crippen LogP contribution in [0.2, 0.25) is 0 Å². The Morgan fingerprint density at radius 2 is 1.46 bits per heavy atom. The molecule has 0 spiro atoms. The molecule has 0 fully saturated rings. The van der Waals surface area contributed by atoms with Crippen molar-refractivity contribution in [1.29, 1.82) is 0 Å². The van der Waals surface area contributed by atoms with Crippen LogP contribution >= 0.6 is 11.8 Å². The Labute approximate surface area is 144 Å². The molecule has 24 heavy (non-hydrogen) atoms. The van der Waals surface area contributed by atoms with Gasteiger partial charge in [-0.05, 0) is 29.5 Å². The Morgan fingerprint density at radius 1 is 0.708 bits per heavy atom. The van der Waals surface area contributed by atoms with Crippen LogP contribution in [0.3, 0.4) is 0 Å². The van der Waals surface area contributed by atoms with Gasteiger partial charge in [-0.15, -0.1) is 5.10 Å². The highest BCUT2D eigenvalue weighted by Crippen LogP contribution is 2.31. The highest BCUT2D eigenvalue weighted by Gasteiger charge is 2.11. The van der Waals surface area contributed by atoms with Gasteiger partial charge in [-0.2, -0.15) is 5.10 Å². The fourth-order valence-corrected chi connectivity index (χ4v) is 3.46. The van der Waals surface area contributed by atoms with Crippen LogP contribution in [0.25, 0.3) is 10.8 Å². The molecule has 0 saturated carbocycles. The molecule has 0 aliphatic carbocycles. The summed E-state index contributed by atoms with van der Waals surface area (Å²) in [6.07, 6.45) is 2.57. The number of fused-ring (bicyclic) bond motifs is 1. The van der Waals surface area contributed by atoms with Gasteiger partial charge < -0.3 is 0 Å². The molecule has 4 heteroatoms. The predicted molar refractivity (Wildman–Crippen MR) is 97.1 cm³/mol. The lowest BCUT2D eigenvalue weighted by molar-refractivity contribution is 0.895. The van der Waals surface area contributed by atoms with E-state index < -0.39 is 0 Å². The van der Waals surface area contributed by atoms with E-state index in [0.717, 1.165) is 32.9 Å². The number of nitrogens with zero attached hydrogens (tertiary/aromatic N) is 3. The zero-order chi connectivity index (χ0) is 16.2. The summed E-state index contributed by atoms with van der Waals surface area (Å²) >= 11 is 1.55. The zero-order valence-electron chi connectivity index (χ0n) is 13.0. The molecule has 0 bridgehead atoms. The summed E-state index contributed by atoms with van der Waals surface area (Å²) in [6.45, 7) is 0. The van der Waals surface area contributed by atoms with Gasteiger partial charge in [0, 0.05) is 23.4 Å². The van der Waals surface area contributed by atoms with E-state index in [0.29, 0.717) is 0 Å². The summed E-state index contributed by atoms with van der Waals surface area (Å²) in [4.78, 5) is 4.37. The molecule has 0 N–H and O–H groups in total. The van der Waals surface area contributed by atoms with E-state index >= 15 is 0 Å². The molecular formula is C20H15N3S. The zero-order valence-corrected chi connectivity index (χ0v) is 13.8. The SMILES string of the molecule is c1ccc(Cc2nnc(Sc3ccccn3)c3ccccc23)cc1. The van der Waals surface area contributed by atoms with Crippen molar-refractivity contribution in [2.45, 2.75) is 16.5 Å². The van der Waals surface area contributed by atoms with Gasteiger partial charge in [0.15, 0.2) is 0 Å². The van der Waals surface area contributed by atoms with E-state index in [4.69, 9.17) is 0 Å². The van der Waals surface area contributed by atoms with Crippen LogP contribution < -0.4 is 0 Å². The largest absolute Gasteiger partial charge is 0.250 e. The summed E-state index contributed by atoms with van der Waals surface area (Å²) in [5, 5.41) is 13.1. The Hall–Kier alpha value is -2.72. The third-order valence-electron chi connectivity index (χ3n) is 3.78. The first-order chi connectivity index (χ1) is 11.9. The molecule has 4 aromatic rings. The van der Waals surface area contributed by atoms with Crippen molar-refractivity contribution in [3.63, 3.8) is 0 Å². The van der Waals surface area contributed by atoms with Crippen molar-refractivity contribution in [1.82, 2.24) is 15.2 Å². The summed E-state index contributed by atoms with van der Waals surface area (Å²) in [5.41, 5.74) is 2.24. The second kappa shape index (κ2) is 6.81. The van der Waals surface area contributed by atoms with Crippen molar-refractivity contribution in [3.05, 3.63) is 90.3 Å². The molecule has 2 aromatic heterocycles. The van der Waals surface area contributed by atoms with E-state index in [-0.39, 0.29) is 0 Å². The van der Waals surface area contributed by atoms with Crippen LogP contribution in [-0.4, -0.2) is 15.2 Å². The van der Waals surface area contributed by atoms with Gasteiger partial charge in [0.1, 0.15) is 10.1 Å². The van der Waals surface area contributed by atoms with Crippen LogP contribution in [0.1, 0.15) is 11.3 Å². The summed E-state index contributed by atoms with van der Waals surface area (Å²) in [7, 11) is 0. The van der Waals surface area contributed by atoms with Crippen LogP contribution in [0.5, 0.6) is 0 Å². The van der Waals surface area contributed by atoms with Gasteiger partial charge in [-0.3, -0.25) is 0 Å². The number of rotatable bonds is 4. The highest BCUT2D eigenvalue weighted by atomic mass is 32.2. The Bertz CT molecular complexity index is 876. The second-order valence-electron chi connectivity index (χ2n) is 5.43. The molecular weight excluding hydrogens is 314 g/mol. The first-order valence-electron chi connectivity index (χ1n) is 7.77. The van der Waals surface area contributed by atoms with Gasteiger partial charge in [0.25, 0.3) is 0 Å². The number of pyridine rings is 1. The average molecular weight is 329 g/mol. The Kier molecular flexibility index (Phi) is 4.21. The van der Waals surface area contributed by atoms with E-state index in [1.165, 1.54) is 5.56 Å². The van der Waals surface area contributed by atoms with E-state index in [1.807, 2.05) is 36.4 Å². The minimum absolute atomic E-state index is 0.781. The molecule has 4 rings (SSSR count). The van der Waals surface area contributed by atoms with E-state index in [1.54, 1.807) is 18.0 Å². The maximum Gasteiger partial charge on any atom is 0.133 e. The molecule has 2 heterocycles. The van der Waals surface area contributed by atoms with Crippen molar-refractivity contribution in [3.8, 4) is 0 Å². The standard InChI is InChI=1S/C20H15N3S/c1-2-8-15(9-3-1)14-18-16-10-4-5-11-17(16)20(23-22-18)24-19-12-6-7-13-21-19/h1-13H,14H2. The third-order valence-corrected chi connectivity index (χ3v) is 4.73. The molecule has 0 atom stereocenters. The molecule has 0 unspecified atom stereocenters. The number of benzene rings is 2. The van der Waals surface area contributed by atoms with Gasteiger partial charge in [-0.25, -0.2) is 4.98 Å². The van der Waals surface area contributed by atoms with Crippen molar-refractivity contribution in [2.24, 2.45) is 0 Å². The first-order valence-corrected chi connectivity index (χ1v) is 8.59. The van der Waals surface area contributed by atoms with Crippen LogP contribution in [-0.2, 0) is 6.42 Å². The molecule has 0 aliphatic heterocycles. The van der Waals surface area contributed by atoms with Crippen molar-refractivity contribution < 1.29 is 0 Å². The molecule has 0 radical (unpaired) electrons. The van der Waals surface area contributed by atoms with E-state index in [2.05, 4.69) is 51.6 Å². The van der Waals surface area contributed by atoms with Gasteiger partial charge in [-0.1, -0.05) is 60.7 Å². The summed E-state index contributed by atoms with van der Waals surface area (Å²) in [5.74, 6) is 0. The normalized spacial score (nSPS) is 10.8. The minimum Gasteiger partial charge on any atom is -0.250 e. The molecule has 116 valence electrons. The fourth-order valence-electron chi connectivity index (χ4n) is 2.64. The number of hydrogen-bond donors (Lipinski definition) is 0. The van der Waals surface area contributed by atoms with Crippen LogP contribution in [0, 0.1) is 0 Å². The second-order valence-corrected chi connectivity index (χ2v) is 6.44. The Morgan fingerprint density at radius 3 is 2.25 bits per heavy atom. The monoisotopic (exact) mass is 329 g/mol. The highest BCUT2D eigenvalue weighted by molar-refractivity contribution is 7.99. The number of aromatic nitrogens is 3.